The first kappa shape index (κ1) is 13.4. The van der Waals surface area contributed by atoms with E-state index in [0.29, 0.717) is 24.8 Å². The summed E-state index contributed by atoms with van der Waals surface area (Å²) in [6, 6.07) is 9.91. The van der Waals surface area contributed by atoms with Crippen LogP contribution in [0.5, 0.6) is 0 Å². The van der Waals surface area contributed by atoms with Crippen LogP contribution in [0.15, 0.2) is 34.9 Å². The summed E-state index contributed by atoms with van der Waals surface area (Å²) < 4.78 is 5.34. The topological polar surface area (TPSA) is 46.3 Å². The third kappa shape index (κ3) is 2.50. The van der Waals surface area contributed by atoms with Gasteiger partial charge in [0.15, 0.2) is 0 Å². The van der Waals surface area contributed by atoms with Crippen LogP contribution in [0.25, 0.3) is 11.3 Å². The molecule has 1 unspecified atom stereocenters. The van der Waals surface area contributed by atoms with Crippen molar-refractivity contribution in [2.75, 3.05) is 16.8 Å². The third-order valence-electron chi connectivity index (χ3n) is 3.53. The zero-order valence-corrected chi connectivity index (χ0v) is 12.8. The summed E-state index contributed by atoms with van der Waals surface area (Å²) in [5, 5.41) is 4.89. The number of aromatic nitrogens is 1. The van der Waals surface area contributed by atoms with Crippen LogP contribution < -0.4 is 4.90 Å². The number of hydrogen-bond acceptors (Lipinski definition) is 3. The minimum absolute atomic E-state index is 0.0982. The highest BCUT2D eigenvalue weighted by Gasteiger charge is 2.32. The fourth-order valence-electron chi connectivity index (χ4n) is 2.35. The summed E-state index contributed by atoms with van der Waals surface area (Å²) in [6.07, 6.45) is 0.561. The van der Waals surface area contributed by atoms with Gasteiger partial charge in [0.1, 0.15) is 5.69 Å². The molecular formula is C15H15BrN2O2. The first-order valence-electron chi connectivity index (χ1n) is 6.57. The molecule has 1 atom stereocenters. The first-order chi connectivity index (χ1) is 9.67. The van der Waals surface area contributed by atoms with Crippen LogP contribution in [0.3, 0.4) is 0 Å². The number of halogens is 1. The minimum Gasteiger partial charge on any atom is -0.338 e. The lowest BCUT2D eigenvalue weighted by molar-refractivity contribution is -0.117. The molecule has 0 saturated carbocycles. The lowest BCUT2D eigenvalue weighted by atomic mass is 10.1. The number of rotatable bonds is 3. The van der Waals surface area contributed by atoms with E-state index in [4.69, 9.17) is 4.52 Å². The zero-order chi connectivity index (χ0) is 14.1. The number of hydrogen-bond donors (Lipinski definition) is 0. The van der Waals surface area contributed by atoms with E-state index in [2.05, 4.69) is 21.1 Å². The van der Waals surface area contributed by atoms with Gasteiger partial charge in [0.2, 0.25) is 11.8 Å². The Morgan fingerprint density at radius 1 is 1.40 bits per heavy atom. The Morgan fingerprint density at radius 2 is 2.15 bits per heavy atom. The molecule has 1 aromatic heterocycles. The van der Waals surface area contributed by atoms with E-state index >= 15 is 0 Å². The van der Waals surface area contributed by atoms with Crippen LogP contribution >= 0.6 is 15.9 Å². The van der Waals surface area contributed by atoms with Crippen molar-refractivity contribution in [3.8, 4) is 11.3 Å². The molecule has 1 aromatic carbocycles. The van der Waals surface area contributed by atoms with Crippen LogP contribution in [-0.2, 0) is 4.79 Å². The molecule has 0 N–H and O–H groups in total. The minimum atomic E-state index is 0.0982. The number of nitrogens with zero attached hydrogens (tertiary/aromatic N) is 2. The molecule has 0 radical (unpaired) electrons. The van der Waals surface area contributed by atoms with Gasteiger partial charge < -0.3 is 4.52 Å². The molecular weight excluding hydrogens is 320 g/mol. The smallest absolute Gasteiger partial charge is 0.234 e. The van der Waals surface area contributed by atoms with E-state index in [-0.39, 0.29) is 5.91 Å². The van der Waals surface area contributed by atoms with E-state index < -0.39 is 0 Å². The maximum absolute atomic E-state index is 12.0. The molecule has 5 heteroatoms. The highest BCUT2D eigenvalue weighted by molar-refractivity contribution is 9.09. The maximum Gasteiger partial charge on any atom is 0.234 e. The second kappa shape index (κ2) is 5.40. The maximum atomic E-state index is 12.0. The average Bonchev–Trinajstić information content (AvgIpc) is 3.06. The molecule has 3 rings (SSSR count). The molecule has 0 aliphatic carbocycles. The summed E-state index contributed by atoms with van der Waals surface area (Å²) in [5.74, 6) is 0.977. The highest BCUT2D eigenvalue weighted by Crippen LogP contribution is 2.29. The number of anilines is 1. The van der Waals surface area contributed by atoms with Crippen molar-refractivity contribution < 1.29 is 9.32 Å². The summed E-state index contributed by atoms with van der Waals surface area (Å²) >= 11 is 3.43. The average molecular weight is 335 g/mol. The lowest BCUT2D eigenvalue weighted by Gasteiger charge is -2.10. The Hall–Kier alpha value is -1.62. The van der Waals surface area contributed by atoms with Crippen molar-refractivity contribution in [2.45, 2.75) is 13.3 Å². The Labute approximate surface area is 125 Å². The fraction of sp³-hybridized carbons (Fsp3) is 0.333. The van der Waals surface area contributed by atoms with E-state index in [9.17, 15) is 4.79 Å². The van der Waals surface area contributed by atoms with Gasteiger partial charge in [-0.2, -0.15) is 0 Å². The molecule has 1 amide bonds. The van der Waals surface area contributed by atoms with Gasteiger partial charge in [-0.1, -0.05) is 50.9 Å². The standard InChI is InChI=1S/C15H15BrN2O2/c1-10-2-4-12(5-3-10)13-7-15(20-17-13)18-9-11(8-16)6-14(18)19/h2-5,7,11H,6,8-9H2,1H3. The van der Waals surface area contributed by atoms with E-state index in [1.54, 1.807) is 4.90 Å². The molecule has 1 saturated heterocycles. The first-order valence-corrected chi connectivity index (χ1v) is 7.69. The number of amides is 1. The lowest BCUT2D eigenvalue weighted by Crippen LogP contribution is -2.24. The van der Waals surface area contributed by atoms with Crippen molar-refractivity contribution in [3.05, 3.63) is 35.9 Å². The molecule has 2 aromatic rings. The Morgan fingerprint density at radius 3 is 2.80 bits per heavy atom. The number of carbonyl (C=O) groups excluding carboxylic acids is 1. The van der Waals surface area contributed by atoms with Gasteiger partial charge in [0, 0.05) is 29.9 Å². The van der Waals surface area contributed by atoms with Crippen molar-refractivity contribution in [1.29, 1.82) is 0 Å². The zero-order valence-electron chi connectivity index (χ0n) is 11.2. The molecule has 1 aliphatic rings. The highest BCUT2D eigenvalue weighted by atomic mass is 79.9. The number of benzene rings is 1. The SMILES string of the molecule is Cc1ccc(-c2cc(N3CC(CBr)CC3=O)on2)cc1. The second-order valence-electron chi connectivity index (χ2n) is 5.15. The summed E-state index contributed by atoms with van der Waals surface area (Å²) in [5.41, 5.74) is 2.96. The van der Waals surface area contributed by atoms with Gasteiger partial charge >= 0.3 is 0 Å². The van der Waals surface area contributed by atoms with Crippen LogP contribution in [0.4, 0.5) is 5.88 Å². The van der Waals surface area contributed by atoms with E-state index in [1.165, 1.54) is 5.56 Å². The molecule has 1 fully saturated rings. The van der Waals surface area contributed by atoms with E-state index in [1.807, 2.05) is 37.3 Å². The quantitative estimate of drug-likeness (QED) is 0.808. The van der Waals surface area contributed by atoms with E-state index in [0.717, 1.165) is 16.6 Å². The summed E-state index contributed by atoms with van der Waals surface area (Å²) in [4.78, 5) is 13.6. The molecule has 20 heavy (non-hydrogen) atoms. The van der Waals surface area contributed by atoms with Crippen LogP contribution in [-0.4, -0.2) is 22.9 Å². The Balaban J connectivity index is 1.83. The number of alkyl halides is 1. The third-order valence-corrected chi connectivity index (χ3v) is 4.45. The van der Waals surface area contributed by atoms with Crippen molar-refractivity contribution in [2.24, 2.45) is 5.92 Å². The van der Waals surface area contributed by atoms with Gasteiger partial charge in [-0.3, -0.25) is 9.69 Å². The Bertz CT molecular complexity index is 621. The normalized spacial score (nSPS) is 18.8. The van der Waals surface area contributed by atoms with Crippen molar-refractivity contribution >= 4 is 27.7 Å². The molecule has 104 valence electrons. The van der Waals surface area contributed by atoms with Crippen LogP contribution in [0.2, 0.25) is 0 Å². The molecule has 0 bridgehead atoms. The molecule has 1 aliphatic heterocycles. The predicted molar refractivity (Wildman–Crippen MR) is 80.9 cm³/mol. The van der Waals surface area contributed by atoms with Gasteiger partial charge in [-0.05, 0) is 12.8 Å². The predicted octanol–water partition coefficient (Wildman–Crippen LogP) is 3.40. The van der Waals surface area contributed by atoms with Crippen molar-refractivity contribution in [3.63, 3.8) is 0 Å². The Kier molecular flexibility index (Phi) is 3.61. The summed E-state index contributed by atoms with van der Waals surface area (Å²) in [6.45, 7) is 2.73. The van der Waals surface area contributed by atoms with Crippen LogP contribution in [0.1, 0.15) is 12.0 Å². The van der Waals surface area contributed by atoms with Crippen molar-refractivity contribution in [1.82, 2.24) is 5.16 Å². The van der Waals surface area contributed by atoms with Gasteiger partial charge in [0.25, 0.3) is 0 Å². The van der Waals surface area contributed by atoms with Gasteiger partial charge in [0.05, 0.1) is 0 Å². The summed E-state index contributed by atoms with van der Waals surface area (Å²) in [7, 11) is 0. The molecule has 4 nitrogen and oxygen atoms in total. The number of carbonyl (C=O) groups is 1. The monoisotopic (exact) mass is 334 g/mol. The molecule has 0 spiro atoms. The fourth-order valence-corrected chi connectivity index (χ4v) is 2.78. The second-order valence-corrected chi connectivity index (χ2v) is 5.79. The van der Waals surface area contributed by atoms with Gasteiger partial charge in [-0.15, -0.1) is 0 Å². The number of aryl methyl sites for hydroxylation is 1. The largest absolute Gasteiger partial charge is 0.338 e. The molecule has 2 heterocycles. The van der Waals surface area contributed by atoms with Crippen LogP contribution in [0, 0.1) is 12.8 Å². The van der Waals surface area contributed by atoms with Gasteiger partial charge in [-0.25, -0.2) is 0 Å².